The molecule has 3 aromatic rings. The van der Waals surface area contributed by atoms with E-state index in [1.165, 1.54) is 16.9 Å². The van der Waals surface area contributed by atoms with Crippen molar-refractivity contribution in [2.24, 2.45) is 0 Å². The van der Waals surface area contributed by atoms with Crippen LogP contribution in [-0.4, -0.2) is 35.5 Å². The van der Waals surface area contributed by atoms with E-state index in [4.69, 9.17) is 4.74 Å². The van der Waals surface area contributed by atoms with Gasteiger partial charge in [-0.3, -0.25) is 4.79 Å². The van der Waals surface area contributed by atoms with E-state index < -0.39 is 0 Å². The van der Waals surface area contributed by atoms with E-state index in [9.17, 15) is 4.79 Å². The number of ether oxygens (including phenoxy) is 1. The largest absolute Gasteiger partial charge is 0.491 e. The molecular formula is C23H26N2O2S. The van der Waals surface area contributed by atoms with Crippen LogP contribution in [0.4, 0.5) is 0 Å². The Morgan fingerprint density at radius 3 is 2.50 bits per heavy atom. The molecule has 2 aromatic carbocycles. The highest BCUT2D eigenvalue weighted by molar-refractivity contribution is 7.13. The van der Waals surface area contributed by atoms with Crippen molar-refractivity contribution in [3.05, 3.63) is 71.2 Å². The van der Waals surface area contributed by atoms with Crippen LogP contribution in [0.3, 0.4) is 0 Å². The SMILES string of the molecule is CC(C)Oc1ccc(-c2nc(C(=O)N(C)CCCc3ccccc3)cs2)cc1. The van der Waals surface area contributed by atoms with Crippen molar-refractivity contribution in [3.63, 3.8) is 0 Å². The van der Waals surface area contributed by atoms with Crippen LogP contribution in [0.2, 0.25) is 0 Å². The average molecular weight is 395 g/mol. The fourth-order valence-electron chi connectivity index (χ4n) is 2.91. The molecule has 0 saturated heterocycles. The fraction of sp³-hybridized carbons (Fsp3) is 0.304. The summed E-state index contributed by atoms with van der Waals surface area (Å²) in [4.78, 5) is 19.0. The zero-order valence-electron chi connectivity index (χ0n) is 16.6. The third kappa shape index (κ3) is 5.42. The Labute approximate surface area is 170 Å². The lowest BCUT2D eigenvalue weighted by atomic mass is 10.1. The van der Waals surface area contributed by atoms with E-state index in [2.05, 4.69) is 17.1 Å². The molecule has 28 heavy (non-hydrogen) atoms. The van der Waals surface area contributed by atoms with Crippen LogP contribution in [0.1, 0.15) is 36.3 Å². The summed E-state index contributed by atoms with van der Waals surface area (Å²) in [6.45, 7) is 4.72. The van der Waals surface area contributed by atoms with Crippen molar-refractivity contribution < 1.29 is 9.53 Å². The van der Waals surface area contributed by atoms with Crippen molar-refractivity contribution >= 4 is 17.2 Å². The van der Waals surface area contributed by atoms with Crippen LogP contribution in [0.25, 0.3) is 10.6 Å². The maximum Gasteiger partial charge on any atom is 0.273 e. The average Bonchev–Trinajstić information content (AvgIpc) is 3.18. The predicted molar refractivity (Wildman–Crippen MR) is 115 cm³/mol. The summed E-state index contributed by atoms with van der Waals surface area (Å²) in [5.41, 5.74) is 2.79. The third-order valence-corrected chi connectivity index (χ3v) is 5.24. The number of rotatable bonds is 8. The Morgan fingerprint density at radius 2 is 1.82 bits per heavy atom. The van der Waals surface area contributed by atoms with E-state index in [-0.39, 0.29) is 12.0 Å². The highest BCUT2D eigenvalue weighted by Crippen LogP contribution is 2.26. The van der Waals surface area contributed by atoms with Crippen LogP contribution in [0.15, 0.2) is 60.0 Å². The maximum absolute atomic E-state index is 12.7. The Hall–Kier alpha value is -2.66. The van der Waals surface area contributed by atoms with Gasteiger partial charge in [0.1, 0.15) is 16.5 Å². The second kappa shape index (κ2) is 9.51. The molecule has 0 atom stereocenters. The minimum absolute atomic E-state index is 0.0321. The monoisotopic (exact) mass is 394 g/mol. The van der Waals surface area contributed by atoms with E-state index in [0.717, 1.165) is 29.2 Å². The first-order valence-corrected chi connectivity index (χ1v) is 10.4. The Kier molecular flexibility index (Phi) is 6.82. The number of carbonyl (C=O) groups excluding carboxylic acids is 1. The van der Waals surface area contributed by atoms with Gasteiger partial charge < -0.3 is 9.64 Å². The van der Waals surface area contributed by atoms with Gasteiger partial charge in [0.15, 0.2) is 0 Å². The number of hydrogen-bond acceptors (Lipinski definition) is 4. The van der Waals surface area contributed by atoms with Crippen molar-refractivity contribution in [1.29, 1.82) is 0 Å². The predicted octanol–water partition coefficient (Wildman–Crippen LogP) is 5.30. The summed E-state index contributed by atoms with van der Waals surface area (Å²) in [6.07, 6.45) is 2.04. The normalized spacial score (nSPS) is 10.9. The zero-order valence-corrected chi connectivity index (χ0v) is 17.4. The second-order valence-electron chi connectivity index (χ2n) is 7.04. The second-order valence-corrected chi connectivity index (χ2v) is 7.90. The third-order valence-electron chi connectivity index (χ3n) is 4.34. The molecule has 0 saturated carbocycles. The maximum atomic E-state index is 12.7. The molecule has 0 radical (unpaired) electrons. The summed E-state index contributed by atoms with van der Waals surface area (Å²) in [7, 11) is 1.84. The van der Waals surface area contributed by atoms with Gasteiger partial charge >= 0.3 is 0 Å². The molecule has 5 heteroatoms. The van der Waals surface area contributed by atoms with Crippen molar-refractivity contribution in [2.75, 3.05) is 13.6 Å². The van der Waals surface area contributed by atoms with Gasteiger partial charge in [0.05, 0.1) is 6.10 Å². The topological polar surface area (TPSA) is 42.4 Å². The Bertz CT molecular complexity index is 888. The summed E-state index contributed by atoms with van der Waals surface area (Å²) in [6, 6.07) is 18.2. The number of benzene rings is 2. The van der Waals surface area contributed by atoms with Gasteiger partial charge in [-0.25, -0.2) is 4.98 Å². The smallest absolute Gasteiger partial charge is 0.273 e. The van der Waals surface area contributed by atoms with Crippen molar-refractivity contribution in [3.8, 4) is 16.3 Å². The minimum atomic E-state index is -0.0321. The standard InChI is InChI=1S/C23H26N2O2S/c1-17(2)27-20-13-11-19(12-14-20)22-24-21(16-28-22)23(26)25(3)15-7-10-18-8-5-4-6-9-18/h4-6,8-9,11-14,16-17H,7,10,15H2,1-3H3. The van der Waals surface area contributed by atoms with Gasteiger partial charge in [-0.1, -0.05) is 30.3 Å². The number of thiazole rings is 1. The van der Waals surface area contributed by atoms with E-state index in [1.54, 1.807) is 4.90 Å². The van der Waals surface area contributed by atoms with Gasteiger partial charge in [-0.05, 0) is 56.5 Å². The van der Waals surface area contributed by atoms with Crippen LogP contribution >= 0.6 is 11.3 Å². The number of aryl methyl sites for hydroxylation is 1. The molecule has 0 N–H and O–H groups in total. The van der Waals surface area contributed by atoms with Crippen LogP contribution < -0.4 is 4.74 Å². The first-order chi connectivity index (χ1) is 13.5. The van der Waals surface area contributed by atoms with Gasteiger partial charge in [0.2, 0.25) is 0 Å². The first kappa shape index (κ1) is 20.1. The highest BCUT2D eigenvalue weighted by atomic mass is 32.1. The van der Waals surface area contributed by atoms with Crippen LogP contribution in [0, 0.1) is 0 Å². The molecule has 146 valence electrons. The van der Waals surface area contributed by atoms with Crippen LogP contribution in [0.5, 0.6) is 5.75 Å². The lowest BCUT2D eigenvalue weighted by Crippen LogP contribution is -2.28. The summed E-state index contributed by atoms with van der Waals surface area (Å²) in [5, 5.41) is 2.68. The minimum Gasteiger partial charge on any atom is -0.491 e. The molecule has 1 heterocycles. The summed E-state index contributed by atoms with van der Waals surface area (Å²) in [5.74, 6) is 0.806. The first-order valence-electron chi connectivity index (χ1n) is 9.55. The van der Waals surface area contributed by atoms with Crippen molar-refractivity contribution in [2.45, 2.75) is 32.8 Å². The summed E-state index contributed by atoms with van der Waals surface area (Å²) >= 11 is 1.49. The molecule has 1 aromatic heterocycles. The quantitative estimate of drug-likeness (QED) is 0.520. The fourth-order valence-corrected chi connectivity index (χ4v) is 3.71. The van der Waals surface area contributed by atoms with Gasteiger partial charge in [0.25, 0.3) is 5.91 Å². The molecule has 4 nitrogen and oxygen atoms in total. The van der Waals surface area contributed by atoms with Gasteiger partial charge in [0, 0.05) is 24.5 Å². The summed E-state index contributed by atoms with van der Waals surface area (Å²) < 4.78 is 5.67. The Balaban J connectivity index is 1.57. The van der Waals surface area contributed by atoms with Gasteiger partial charge in [-0.2, -0.15) is 0 Å². The van der Waals surface area contributed by atoms with Crippen molar-refractivity contribution in [1.82, 2.24) is 9.88 Å². The molecular weight excluding hydrogens is 368 g/mol. The Morgan fingerprint density at radius 1 is 1.11 bits per heavy atom. The molecule has 3 rings (SSSR count). The molecule has 0 unspecified atom stereocenters. The number of hydrogen-bond donors (Lipinski definition) is 0. The molecule has 0 bridgehead atoms. The lowest BCUT2D eigenvalue weighted by Gasteiger charge is -2.15. The zero-order chi connectivity index (χ0) is 19.9. The highest BCUT2D eigenvalue weighted by Gasteiger charge is 2.16. The van der Waals surface area contributed by atoms with E-state index in [1.807, 2.05) is 68.7 Å². The van der Waals surface area contributed by atoms with E-state index in [0.29, 0.717) is 12.2 Å². The van der Waals surface area contributed by atoms with Crippen LogP contribution in [-0.2, 0) is 6.42 Å². The lowest BCUT2D eigenvalue weighted by molar-refractivity contribution is 0.0788. The van der Waals surface area contributed by atoms with E-state index >= 15 is 0 Å². The number of nitrogens with zero attached hydrogens (tertiary/aromatic N) is 2. The molecule has 0 aliphatic heterocycles. The molecule has 0 spiro atoms. The molecule has 0 fully saturated rings. The van der Waals surface area contributed by atoms with Gasteiger partial charge in [-0.15, -0.1) is 11.3 Å². The molecule has 1 amide bonds. The number of amides is 1. The number of carbonyl (C=O) groups is 1. The number of aromatic nitrogens is 1. The molecule has 0 aliphatic carbocycles. The molecule has 0 aliphatic rings.